The number of aliphatic hydroxyl groups excluding tert-OH is 39. The van der Waals surface area contributed by atoms with Gasteiger partial charge in [0.05, 0.1) is 85.9 Å². The molecule has 29 rings (SSSR count). The van der Waals surface area contributed by atoms with Gasteiger partial charge in [-0.2, -0.15) is 0 Å². The van der Waals surface area contributed by atoms with Crippen molar-refractivity contribution in [2.75, 3.05) is 85.9 Å². The number of rotatable bonds is 27. The molecule has 29 aliphatic heterocycles. The summed E-state index contributed by atoms with van der Waals surface area (Å²) in [6, 6.07) is 0. The van der Waals surface area contributed by atoms with Gasteiger partial charge in [0, 0.05) is 0 Å². The molecule has 65 unspecified atom stereocenters. The molecule has 65 nitrogen and oxygen atoms in total. The van der Waals surface area contributed by atoms with Crippen LogP contribution < -0.4 is 0 Å². The molecule has 0 radical (unpaired) electrons. The minimum Gasteiger partial charge on any atom is -0.394 e. The Morgan fingerprint density at radius 3 is 0.469 bits per heavy atom. The van der Waals surface area contributed by atoms with E-state index in [1.54, 1.807) is 0 Å². The molecule has 29 saturated heterocycles. The standard InChI is InChI=1S/C78H130O65/c79-1-14-27(91)28(92)41(105)67(119-14)132-55-16(3-81)121-69(43(107)30(55)94)134-57-18(5-83)123-71(45(109)32(57)96)136-59-20(7-85)125-72(47(111)34(59)98)137-58-19(6-84)124-70(46(110)33(58)97)135-56-17(4-82)122-68(44(108)31(56)95)133-54-15(2-80)120-66(42(106)29(54)93)118-13-26-65-40(104)53(117)78(131-26)142-64-25(12-90)129-76(51(115)38(64)102)140-62-23(10-88)127-74(49(113)36(62)100)138-60-21(8-86)126-73(48(112)35(60)99)139-61-22(9-87)128-75(50(114)37(61)101)141-63-24(11-89)130-77(143-65)52(116)39(63)103/h14-117H,1-13H2. The molecule has 832 valence electrons. The Morgan fingerprint density at radius 2 is 0.280 bits per heavy atom. The molecule has 12 bridgehead atoms. The van der Waals surface area contributed by atoms with Crippen LogP contribution in [0, 0.1) is 0 Å². The largest absolute Gasteiger partial charge is 0.394 e. The van der Waals surface area contributed by atoms with Gasteiger partial charge < -0.3 is 322 Å². The second kappa shape index (κ2) is 49.9. The number of hydrogen-bond donors (Lipinski definition) is 39. The van der Waals surface area contributed by atoms with E-state index < -0.39 is 485 Å². The van der Waals surface area contributed by atoms with Crippen LogP contribution >= 0.6 is 0 Å². The fraction of sp³-hybridized carbons (Fsp3) is 1.00. The molecule has 0 aromatic rings. The van der Waals surface area contributed by atoms with Gasteiger partial charge in [-0.1, -0.05) is 0 Å². The number of aliphatic hydroxyl groups is 39. The Balaban J connectivity index is 0.612. The van der Waals surface area contributed by atoms with Crippen LogP contribution in [-0.2, 0) is 123 Å². The molecule has 39 N–H and O–H groups in total. The van der Waals surface area contributed by atoms with E-state index in [1.165, 1.54) is 0 Å². The molecule has 143 heavy (non-hydrogen) atoms. The van der Waals surface area contributed by atoms with Crippen LogP contribution in [0.15, 0.2) is 0 Å². The van der Waals surface area contributed by atoms with E-state index in [9.17, 15) is 199 Å². The Labute approximate surface area is 805 Å². The maximum absolute atomic E-state index is 12.1. The van der Waals surface area contributed by atoms with E-state index in [1.807, 2.05) is 0 Å². The molecule has 0 aromatic carbocycles. The van der Waals surface area contributed by atoms with Crippen LogP contribution in [0.3, 0.4) is 0 Å². The lowest BCUT2D eigenvalue weighted by molar-refractivity contribution is -0.406. The molecule has 0 aliphatic carbocycles. The average Bonchev–Trinajstić information content (AvgIpc) is 0.767. The lowest BCUT2D eigenvalue weighted by atomic mass is 9.94. The van der Waals surface area contributed by atoms with Crippen molar-refractivity contribution in [1.82, 2.24) is 0 Å². The van der Waals surface area contributed by atoms with Crippen molar-refractivity contribution >= 4 is 0 Å². The highest BCUT2D eigenvalue weighted by molar-refractivity contribution is 5.06. The van der Waals surface area contributed by atoms with Crippen LogP contribution in [0.4, 0.5) is 0 Å². The first-order chi connectivity index (χ1) is 68.0. The van der Waals surface area contributed by atoms with E-state index in [4.69, 9.17) is 123 Å². The molecular weight excluding hydrogens is 1980 g/mol. The molecule has 65 atom stereocenters. The fourth-order valence-electron chi connectivity index (χ4n) is 19.2. The third-order valence-corrected chi connectivity index (χ3v) is 27.4. The van der Waals surface area contributed by atoms with Crippen LogP contribution in [0.1, 0.15) is 0 Å². The molecule has 29 heterocycles. The third kappa shape index (κ3) is 23.5. The fourth-order valence-corrected chi connectivity index (χ4v) is 19.2. The summed E-state index contributed by atoms with van der Waals surface area (Å²) in [7, 11) is 0. The van der Waals surface area contributed by atoms with E-state index in [0.717, 1.165) is 0 Å². The molecule has 0 amide bonds. The first kappa shape index (κ1) is 116. The molecule has 0 aromatic heterocycles. The van der Waals surface area contributed by atoms with Gasteiger partial charge in [-0.05, 0) is 0 Å². The summed E-state index contributed by atoms with van der Waals surface area (Å²) in [6.45, 7) is -14.8. The van der Waals surface area contributed by atoms with E-state index >= 15 is 0 Å². The number of hydrogen-bond acceptors (Lipinski definition) is 65. The van der Waals surface area contributed by atoms with Crippen molar-refractivity contribution in [1.29, 1.82) is 0 Å². The lowest BCUT2D eigenvalue weighted by Crippen LogP contribution is -2.69. The topological polar surface area (TPSA) is 1030 Å². The number of ether oxygens (including phenoxy) is 26. The van der Waals surface area contributed by atoms with Gasteiger partial charge >= 0.3 is 0 Å². The summed E-state index contributed by atoms with van der Waals surface area (Å²) in [5.41, 5.74) is 0. The van der Waals surface area contributed by atoms with Crippen LogP contribution in [0.5, 0.6) is 0 Å². The second-order valence-corrected chi connectivity index (χ2v) is 36.5. The quantitative estimate of drug-likeness (QED) is 0.0363. The van der Waals surface area contributed by atoms with E-state index in [2.05, 4.69) is 0 Å². The monoisotopic (exact) mass is 2110 g/mol. The lowest BCUT2D eigenvalue weighted by Gasteiger charge is -2.51. The highest BCUT2D eigenvalue weighted by atomic mass is 16.8. The van der Waals surface area contributed by atoms with Crippen LogP contribution in [0.25, 0.3) is 0 Å². The summed E-state index contributed by atoms with van der Waals surface area (Å²) in [6.07, 6.45) is -139. The molecule has 65 heteroatoms. The minimum absolute atomic E-state index is 0.888. The van der Waals surface area contributed by atoms with Gasteiger partial charge in [-0.15, -0.1) is 0 Å². The van der Waals surface area contributed by atoms with Crippen molar-refractivity contribution in [2.45, 2.75) is 399 Å². The van der Waals surface area contributed by atoms with Crippen molar-refractivity contribution < 1.29 is 322 Å². The Kier molecular flexibility index (Phi) is 40.4. The van der Waals surface area contributed by atoms with Gasteiger partial charge in [-0.25, -0.2) is 0 Å². The predicted octanol–water partition coefficient (Wildman–Crippen LogP) is -28.3. The van der Waals surface area contributed by atoms with Crippen molar-refractivity contribution in [3.63, 3.8) is 0 Å². The van der Waals surface area contributed by atoms with Gasteiger partial charge in [0.2, 0.25) is 0 Å². The van der Waals surface area contributed by atoms with Gasteiger partial charge in [0.1, 0.15) is 317 Å². The van der Waals surface area contributed by atoms with Crippen molar-refractivity contribution in [2.24, 2.45) is 0 Å². The summed E-state index contributed by atoms with van der Waals surface area (Å²) >= 11 is 0. The minimum atomic E-state index is -2.49. The normalized spacial score (nSPS) is 54.8. The second-order valence-electron chi connectivity index (χ2n) is 36.5. The third-order valence-electron chi connectivity index (χ3n) is 27.4. The van der Waals surface area contributed by atoms with Gasteiger partial charge in [-0.3, -0.25) is 0 Å². The summed E-state index contributed by atoms with van der Waals surface area (Å²) < 4.78 is 150. The summed E-state index contributed by atoms with van der Waals surface area (Å²) in [4.78, 5) is 0. The molecule has 29 aliphatic rings. The average molecular weight is 2110 g/mol. The highest BCUT2D eigenvalue weighted by Gasteiger charge is 2.65. The first-order valence-corrected chi connectivity index (χ1v) is 45.7. The Morgan fingerprint density at radius 1 is 0.126 bits per heavy atom. The summed E-state index contributed by atoms with van der Waals surface area (Å²) in [5, 5.41) is 435. The van der Waals surface area contributed by atoms with E-state index in [0.29, 0.717) is 0 Å². The van der Waals surface area contributed by atoms with E-state index in [-0.39, 0.29) is 0 Å². The molecule has 29 fully saturated rings. The predicted molar refractivity (Wildman–Crippen MR) is 424 cm³/mol. The molecular formula is C78H130O65. The highest BCUT2D eigenvalue weighted by Crippen LogP contribution is 2.44. The first-order valence-electron chi connectivity index (χ1n) is 45.7. The Hall–Kier alpha value is -2.60. The van der Waals surface area contributed by atoms with Crippen LogP contribution in [-0.4, -0.2) is 684 Å². The molecule has 0 saturated carbocycles. The maximum Gasteiger partial charge on any atom is 0.187 e. The SMILES string of the molecule is OCC1OC(OC2C(CO)OC(OC3C(CO)OC(OC4C(CO)OC(OC5C(CO)OC(OC6C(CO)OC(OC7C(CO)OC(OCC8OC9OC%10C(CO)OC(OC%11C(CO)OC(OC%12C(CO)OC(OC%13C(CO)OC(OC%14C(CO)OC(OC8C(O)C9O)C(O)C%14O)C(O)C%13O)C(O)C%12O)C(O)C%11O)C(O)C%10O)C(O)C7O)C(O)C6O)C(O)C5O)C(O)C4O)C(O)C3O)C(O)C2O)C(O)C(O)C1O. The maximum atomic E-state index is 12.1. The zero-order valence-electron chi connectivity index (χ0n) is 74.8. The Bertz CT molecular complexity index is 3800. The summed E-state index contributed by atoms with van der Waals surface area (Å²) in [5.74, 6) is 0. The smallest absolute Gasteiger partial charge is 0.187 e. The van der Waals surface area contributed by atoms with Crippen molar-refractivity contribution in [3.8, 4) is 0 Å². The van der Waals surface area contributed by atoms with Crippen molar-refractivity contribution in [3.05, 3.63) is 0 Å². The zero-order valence-corrected chi connectivity index (χ0v) is 74.8. The zero-order chi connectivity index (χ0) is 104. The molecule has 0 spiro atoms. The van der Waals surface area contributed by atoms with Gasteiger partial charge in [0.25, 0.3) is 0 Å². The van der Waals surface area contributed by atoms with Gasteiger partial charge in [0.15, 0.2) is 81.8 Å². The van der Waals surface area contributed by atoms with Crippen LogP contribution in [0.2, 0.25) is 0 Å².